The van der Waals surface area contributed by atoms with Crippen LogP contribution < -0.4 is 15.0 Å². The summed E-state index contributed by atoms with van der Waals surface area (Å²) in [5.74, 6) is -0.0712. The fourth-order valence-corrected chi connectivity index (χ4v) is 5.71. The van der Waals surface area contributed by atoms with E-state index in [0.29, 0.717) is 47.1 Å². The highest BCUT2D eigenvalue weighted by molar-refractivity contribution is 5.97. The molecule has 0 radical (unpaired) electrons. The zero-order chi connectivity index (χ0) is 28.3. The first-order valence-electron chi connectivity index (χ1n) is 14.1. The number of nitrogens with one attached hydrogen (secondary N) is 1. The molecule has 4 rings (SSSR count). The number of carbonyl (C=O) groups is 2. The zero-order valence-corrected chi connectivity index (χ0v) is 24.2. The molecule has 8 heteroatoms. The molecule has 0 bridgehead atoms. The number of aliphatic carboxylic acids is 1. The third-order valence-corrected chi connectivity index (χ3v) is 7.71. The molecular formula is C31H43N3O5. The lowest BCUT2D eigenvalue weighted by Gasteiger charge is -2.30. The van der Waals surface area contributed by atoms with E-state index >= 15 is 0 Å². The summed E-state index contributed by atoms with van der Waals surface area (Å²) in [7, 11) is 2.01. The van der Waals surface area contributed by atoms with Gasteiger partial charge in [0.15, 0.2) is 6.10 Å². The fourth-order valence-electron chi connectivity index (χ4n) is 5.71. The monoisotopic (exact) mass is 537 g/mol. The molecular weight excluding hydrogens is 494 g/mol. The van der Waals surface area contributed by atoms with Gasteiger partial charge in [-0.05, 0) is 82.2 Å². The maximum absolute atomic E-state index is 13.5. The van der Waals surface area contributed by atoms with Gasteiger partial charge in [-0.25, -0.2) is 9.78 Å². The van der Waals surface area contributed by atoms with Crippen molar-refractivity contribution in [3.05, 3.63) is 40.7 Å². The van der Waals surface area contributed by atoms with Crippen LogP contribution in [0.2, 0.25) is 0 Å². The minimum absolute atomic E-state index is 0.227. The number of nitrogens with zero attached hydrogens (tertiary/aromatic N) is 2. The number of fused-ring (bicyclic) bond motifs is 1. The summed E-state index contributed by atoms with van der Waals surface area (Å²) in [6.07, 6.45) is 5.94. The van der Waals surface area contributed by atoms with Gasteiger partial charge in [0.2, 0.25) is 0 Å². The number of ether oxygens (including phenoxy) is 2. The number of hydrogen-bond acceptors (Lipinski definition) is 6. The molecule has 1 amide bonds. The average Bonchev–Trinajstić information content (AvgIpc) is 3.15. The molecule has 0 unspecified atom stereocenters. The van der Waals surface area contributed by atoms with Gasteiger partial charge in [-0.3, -0.25) is 4.79 Å². The molecule has 1 aromatic carbocycles. The molecule has 0 spiro atoms. The van der Waals surface area contributed by atoms with Crippen LogP contribution in [0.4, 0.5) is 5.69 Å². The number of hydrogen-bond donors (Lipinski definition) is 2. The number of amides is 1. The van der Waals surface area contributed by atoms with Crippen molar-refractivity contribution < 1.29 is 24.2 Å². The average molecular weight is 538 g/mol. The van der Waals surface area contributed by atoms with E-state index in [1.807, 2.05) is 52.9 Å². The molecule has 2 heterocycles. The molecule has 0 saturated heterocycles. The van der Waals surface area contributed by atoms with Crippen molar-refractivity contribution in [3.8, 4) is 16.9 Å². The van der Waals surface area contributed by atoms with E-state index in [4.69, 9.17) is 9.47 Å². The quantitative estimate of drug-likeness (QED) is 0.428. The Hall–Kier alpha value is -3.13. The van der Waals surface area contributed by atoms with Crippen LogP contribution in [0, 0.1) is 19.8 Å². The zero-order valence-electron chi connectivity index (χ0n) is 24.2. The molecule has 1 aliphatic carbocycles. The summed E-state index contributed by atoms with van der Waals surface area (Å²) in [5.41, 5.74) is 3.56. The fraction of sp³-hybridized carbons (Fsp3) is 0.581. The second-order valence-electron chi connectivity index (χ2n) is 11.9. The Labute approximate surface area is 232 Å². The SMILES string of the molecule is Cc1nc(C(=O)NCC2CCCCCC2)c(C)c(-c2ccc3c(c2)N(C)CCO3)c1[C@H](OC(C)(C)C)C(=O)O. The van der Waals surface area contributed by atoms with E-state index in [1.165, 1.54) is 25.7 Å². The van der Waals surface area contributed by atoms with Gasteiger partial charge >= 0.3 is 5.97 Å². The third-order valence-electron chi connectivity index (χ3n) is 7.71. The number of benzene rings is 1. The Morgan fingerprint density at radius 2 is 1.87 bits per heavy atom. The van der Waals surface area contributed by atoms with Gasteiger partial charge in [0.25, 0.3) is 5.91 Å². The maximum atomic E-state index is 13.5. The van der Waals surface area contributed by atoms with E-state index in [9.17, 15) is 14.7 Å². The molecule has 1 saturated carbocycles. The predicted molar refractivity (Wildman–Crippen MR) is 153 cm³/mol. The van der Waals surface area contributed by atoms with Crippen molar-refractivity contribution in [1.82, 2.24) is 10.3 Å². The number of aryl methyl sites for hydroxylation is 1. The number of aromatic nitrogens is 1. The van der Waals surface area contributed by atoms with Crippen molar-refractivity contribution in [1.29, 1.82) is 0 Å². The highest BCUT2D eigenvalue weighted by Crippen LogP contribution is 2.41. The minimum atomic E-state index is -1.25. The lowest BCUT2D eigenvalue weighted by atomic mass is 9.89. The molecule has 1 fully saturated rings. The Morgan fingerprint density at radius 3 is 2.51 bits per heavy atom. The molecule has 212 valence electrons. The molecule has 1 aromatic heterocycles. The number of carboxylic acids is 1. The number of anilines is 1. The summed E-state index contributed by atoms with van der Waals surface area (Å²) in [4.78, 5) is 32.9. The van der Waals surface area contributed by atoms with Gasteiger partial charge in [0, 0.05) is 24.8 Å². The van der Waals surface area contributed by atoms with Gasteiger partial charge < -0.3 is 24.8 Å². The van der Waals surface area contributed by atoms with Crippen LogP contribution in [0.25, 0.3) is 11.1 Å². The highest BCUT2D eigenvalue weighted by atomic mass is 16.5. The largest absolute Gasteiger partial charge is 0.490 e. The summed E-state index contributed by atoms with van der Waals surface area (Å²) in [5, 5.41) is 13.4. The number of carboxylic acid groups (broad SMARTS) is 1. The lowest BCUT2D eigenvalue weighted by Crippen LogP contribution is -2.32. The minimum Gasteiger partial charge on any atom is -0.490 e. The van der Waals surface area contributed by atoms with Crippen LogP contribution in [0.15, 0.2) is 18.2 Å². The van der Waals surface area contributed by atoms with Gasteiger partial charge in [-0.1, -0.05) is 31.7 Å². The molecule has 2 N–H and O–H groups in total. The van der Waals surface area contributed by atoms with E-state index < -0.39 is 17.7 Å². The summed E-state index contributed by atoms with van der Waals surface area (Å²) in [6, 6.07) is 5.83. The van der Waals surface area contributed by atoms with Crippen molar-refractivity contribution in [2.24, 2.45) is 5.92 Å². The van der Waals surface area contributed by atoms with Crippen molar-refractivity contribution >= 4 is 17.6 Å². The van der Waals surface area contributed by atoms with Gasteiger partial charge in [-0.15, -0.1) is 0 Å². The first kappa shape index (κ1) is 28.9. The number of carbonyl (C=O) groups excluding carboxylic acids is 1. The Balaban J connectivity index is 1.81. The molecule has 2 aliphatic rings. The van der Waals surface area contributed by atoms with Gasteiger partial charge in [-0.2, -0.15) is 0 Å². The predicted octanol–water partition coefficient (Wildman–Crippen LogP) is 5.84. The van der Waals surface area contributed by atoms with Crippen LogP contribution >= 0.6 is 0 Å². The highest BCUT2D eigenvalue weighted by Gasteiger charge is 2.34. The number of rotatable bonds is 7. The van der Waals surface area contributed by atoms with Crippen LogP contribution in [-0.2, 0) is 9.53 Å². The summed E-state index contributed by atoms with van der Waals surface area (Å²) >= 11 is 0. The van der Waals surface area contributed by atoms with E-state index in [1.54, 1.807) is 6.92 Å². The van der Waals surface area contributed by atoms with Crippen LogP contribution in [0.1, 0.15) is 92.7 Å². The van der Waals surface area contributed by atoms with Crippen molar-refractivity contribution in [3.63, 3.8) is 0 Å². The standard InChI is InChI=1S/C31H43N3O5/c1-19-25(22-13-14-24-23(17-22)34(6)15-16-38-24)26(28(30(36)37)39-31(3,4)5)20(2)33-27(19)29(35)32-18-21-11-9-7-8-10-12-21/h13-14,17,21,28H,7-12,15-16,18H2,1-6H3,(H,32,35)(H,36,37)/t28-/m0/s1. The summed E-state index contributed by atoms with van der Waals surface area (Å²) in [6.45, 7) is 11.1. The Kier molecular flexibility index (Phi) is 8.84. The van der Waals surface area contributed by atoms with Crippen LogP contribution in [0.3, 0.4) is 0 Å². The van der Waals surface area contributed by atoms with E-state index in [0.717, 1.165) is 36.4 Å². The summed E-state index contributed by atoms with van der Waals surface area (Å²) < 4.78 is 11.9. The maximum Gasteiger partial charge on any atom is 0.337 e. The van der Waals surface area contributed by atoms with Crippen LogP contribution in [0.5, 0.6) is 5.75 Å². The Morgan fingerprint density at radius 1 is 1.18 bits per heavy atom. The van der Waals surface area contributed by atoms with Crippen molar-refractivity contribution in [2.45, 2.75) is 84.8 Å². The van der Waals surface area contributed by atoms with Crippen LogP contribution in [-0.4, -0.2) is 54.3 Å². The second-order valence-corrected chi connectivity index (χ2v) is 11.9. The van der Waals surface area contributed by atoms with E-state index in [2.05, 4.69) is 15.2 Å². The molecule has 2 aromatic rings. The topological polar surface area (TPSA) is 101 Å². The number of pyridine rings is 1. The Bertz CT molecular complexity index is 1210. The molecule has 1 aliphatic heterocycles. The molecule has 8 nitrogen and oxygen atoms in total. The first-order chi connectivity index (χ1) is 18.5. The van der Waals surface area contributed by atoms with Gasteiger partial charge in [0.1, 0.15) is 18.1 Å². The second kappa shape index (κ2) is 11.9. The van der Waals surface area contributed by atoms with Crippen molar-refractivity contribution in [2.75, 3.05) is 31.6 Å². The lowest BCUT2D eigenvalue weighted by molar-refractivity contribution is -0.160. The smallest absolute Gasteiger partial charge is 0.337 e. The van der Waals surface area contributed by atoms with Gasteiger partial charge in [0.05, 0.1) is 17.8 Å². The normalized spacial score (nSPS) is 17.1. The first-order valence-corrected chi connectivity index (χ1v) is 14.1. The van der Waals surface area contributed by atoms with E-state index in [-0.39, 0.29) is 5.91 Å². The molecule has 1 atom stereocenters. The molecule has 39 heavy (non-hydrogen) atoms. The third kappa shape index (κ3) is 6.72. The number of likely N-dealkylation sites (N-methyl/N-ethyl adjacent to an activating group) is 1.